The maximum Gasteiger partial charge on any atom is 0.419 e. The van der Waals surface area contributed by atoms with E-state index in [9.17, 15) is 9.59 Å². The molecular formula is C17H18N4O3. The highest BCUT2D eigenvalue weighted by molar-refractivity contribution is 5.77. The van der Waals surface area contributed by atoms with Gasteiger partial charge in [0, 0.05) is 44.4 Å². The van der Waals surface area contributed by atoms with Crippen molar-refractivity contribution in [3.05, 3.63) is 53.0 Å². The van der Waals surface area contributed by atoms with Gasteiger partial charge < -0.3 is 14.3 Å². The molecule has 0 radical (unpaired) electrons. The van der Waals surface area contributed by atoms with Crippen LogP contribution in [-0.4, -0.2) is 26.1 Å². The van der Waals surface area contributed by atoms with Crippen molar-refractivity contribution in [1.82, 2.24) is 19.4 Å². The minimum Gasteiger partial charge on any atom is -0.408 e. The molecule has 1 amide bonds. The van der Waals surface area contributed by atoms with E-state index in [2.05, 4.69) is 14.9 Å². The van der Waals surface area contributed by atoms with E-state index in [0.29, 0.717) is 12.1 Å². The minimum atomic E-state index is -0.426. The molecular weight excluding hydrogens is 308 g/mol. The van der Waals surface area contributed by atoms with Gasteiger partial charge in [-0.15, -0.1) is 0 Å². The number of para-hydroxylation sites is 2. The van der Waals surface area contributed by atoms with E-state index in [-0.39, 0.29) is 18.4 Å². The van der Waals surface area contributed by atoms with Crippen molar-refractivity contribution >= 4 is 17.0 Å². The van der Waals surface area contributed by atoms with Crippen LogP contribution in [0.25, 0.3) is 11.1 Å². The first-order valence-electron chi connectivity index (χ1n) is 8.08. The van der Waals surface area contributed by atoms with Gasteiger partial charge >= 0.3 is 5.76 Å². The molecule has 0 saturated carbocycles. The van der Waals surface area contributed by atoms with Crippen LogP contribution in [0.2, 0.25) is 0 Å². The molecule has 1 aromatic carbocycles. The van der Waals surface area contributed by atoms with E-state index in [4.69, 9.17) is 4.42 Å². The van der Waals surface area contributed by atoms with Gasteiger partial charge in [0.15, 0.2) is 5.58 Å². The van der Waals surface area contributed by atoms with Gasteiger partial charge in [0.05, 0.1) is 5.52 Å². The van der Waals surface area contributed by atoms with E-state index in [1.807, 2.05) is 24.4 Å². The standard InChI is InChI=1S/C17H18N4O3/c22-16(19-12-5-6-15-18-8-10-20(15)11-12)7-9-21-13-3-1-2-4-14(13)24-17(21)23/h1-4,8,10,12H,5-7,9,11H2,(H,19,22). The van der Waals surface area contributed by atoms with Crippen LogP contribution in [0.1, 0.15) is 18.7 Å². The largest absolute Gasteiger partial charge is 0.419 e. The van der Waals surface area contributed by atoms with Crippen LogP contribution in [0.15, 0.2) is 45.9 Å². The summed E-state index contributed by atoms with van der Waals surface area (Å²) < 4.78 is 8.75. The first-order chi connectivity index (χ1) is 11.7. The van der Waals surface area contributed by atoms with Crippen molar-refractivity contribution in [2.45, 2.75) is 38.4 Å². The zero-order chi connectivity index (χ0) is 16.5. The molecule has 1 atom stereocenters. The fraction of sp³-hybridized carbons (Fsp3) is 0.353. The molecule has 0 spiro atoms. The highest BCUT2D eigenvalue weighted by Gasteiger charge is 2.20. The van der Waals surface area contributed by atoms with Crippen molar-refractivity contribution in [3.63, 3.8) is 0 Å². The van der Waals surface area contributed by atoms with E-state index in [1.165, 1.54) is 4.57 Å². The van der Waals surface area contributed by atoms with Gasteiger partial charge in [0.1, 0.15) is 5.82 Å². The van der Waals surface area contributed by atoms with Crippen molar-refractivity contribution in [3.8, 4) is 0 Å². The SMILES string of the molecule is O=C(CCn1c(=O)oc2ccccc21)NC1CCc2nccn2C1. The molecule has 2 aromatic heterocycles. The fourth-order valence-corrected chi connectivity index (χ4v) is 3.22. The lowest BCUT2D eigenvalue weighted by atomic mass is 10.1. The molecule has 1 unspecified atom stereocenters. The van der Waals surface area contributed by atoms with E-state index < -0.39 is 5.76 Å². The number of amides is 1. The van der Waals surface area contributed by atoms with Gasteiger partial charge in [0.2, 0.25) is 5.91 Å². The van der Waals surface area contributed by atoms with E-state index >= 15 is 0 Å². The second-order valence-corrected chi connectivity index (χ2v) is 6.04. The van der Waals surface area contributed by atoms with Gasteiger partial charge in [-0.3, -0.25) is 9.36 Å². The lowest BCUT2D eigenvalue weighted by molar-refractivity contribution is -0.122. The summed E-state index contributed by atoms with van der Waals surface area (Å²) in [5.74, 6) is 0.586. The summed E-state index contributed by atoms with van der Waals surface area (Å²) in [6, 6.07) is 7.34. The summed E-state index contributed by atoms with van der Waals surface area (Å²) >= 11 is 0. The monoisotopic (exact) mass is 326 g/mol. The number of benzene rings is 1. The van der Waals surface area contributed by atoms with Crippen molar-refractivity contribution in [2.24, 2.45) is 0 Å². The molecule has 0 fully saturated rings. The summed E-state index contributed by atoms with van der Waals surface area (Å²) in [5, 5.41) is 3.05. The average molecular weight is 326 g/mol. The summed E-state index contributed by atoms with van der Waals surface area (Å²) in [5.41, 5.74) is 1.26. The summed E-state index contributed by atoms with van der Waals surface area (Å²) in [4.78, 5) is 28.4. The van der Waals surface area contributed by atoms with Gasteiger partial charge in [-0.1, -0.05) is 12.1 Å². The minimum absolute atomic E-state index is 0.0549. The fourth-order valence-electron chi connectivity index (χ4n) is 3.22. The smallest absolute Gasteiger partial charge is 0.408 e. The number of nitrogens with one attached hydrogen (secondary N) is 1. The molecule has 0 aliphatic carbocycles. The van der Waals surface area contributed by atoms with Crippen molar-refractivity contribution < 1.29 is 9.21 Å². The highest BCUT2D eigenvalue weighted by Crippen LogP contribution is 2.14. The van der Waals surface area contributed by atoms with E-state index in [0.717, 1.165) is 30.7 Å². The highest BCUT2D eigenvalue weighted by atomic mass is 16.4. The number of oxazole rings is 1. The van der Waals surface area contributed by atoms with Crippen LogP contribution in [-0.2, 0) is 24.3 Å². The Morgan fingerprint density at radius 2 is 2.25 bits per heavy atom. The topological polar surface area (TPSA) is 82.1 Å². The lowest BCUT2D eigenvalue weighted by Crippen LogP contribution is -2.41. The van der Waals surface area contributed by atoms with Gasteiger partial charge in [-0.05, 0) is 18.6 Å². The molecule has 1 aliphatic heterocycles. The van der Waals surface area contributed by atoms with Gasteiger partial charge in [-0.25, -0.2) is 9.78 Å². The molecule has 3 aromatic rings. The molecule has 0 saturated heterocycles. The van der Waals surface area contributed by atoms with E-state index in [1.54, 1.807) is 12.3 Å². The second-order valence-electron chi connectivity index (χ2n) is 6.04. The first kappa shape index (κ1) is 14.7. The van der Waals surface area contributed by atoms with Crippen LogP contribution >= 0.6 is 0 Å². The molecule has 4 rings (SSSR count). The molecule has 7 heteroatoms. The number of imidazole rings is 1. The van der Waals surface area contributed by atoms with Crippen LogP contribution in [0.5, 0.6) is 0 Å². The van der Waals surface area contributed by atoms with Crippen LogP contribution < -0.4 is 11.1 Å². The Morgan fingerprint density at radius 3 is 3.17 bits per heavy atom. The summed E-state index contributed by atoms with van der Waals surface area (Å²) in [7, 11) is 0. The second kappa shape index (κ2) is 5.99. The number of carbonyl (C=O) groups excluding carboxylic acids is 1. The van der Waals surface area contributed by atoms with Crippen molar-refractivity contribution in [2.75, 3.05) is 0 Å². The van der Waals surface area contributed by atoms with Crippen LogP contribution in [0.4, 0.5) is 0 Å². The van der Waals surface area contributed by atoms with Gasteiger partial charge in [-0.2, -0.15) is 0 Å². The summed E-state index contributed by atoms with van der Waals surface area (Å²) in [6.07, 6.45) is 5.72. The Balaban J connectivity index is 1.38. The Labute approximate surface area is 137 Å². The number of aromatic nitrogens is 3. The number of hydrogen-bond donors (Lipinski definition) is 1. The third kappa shape index (κ3) is 2.73. The third-order valence-electron chi connectivity index (χ3n) is 4.44. The summed E-state index contributed by atoms with van der Waals surface area (Å²) in [6.45, 7) is 1.06. The molecule has 7 nitrogen and oxygen atoms in total. The Bertz CT molecular complexity index is 937. The van der Waals surface area contributed by atoms with Crippen molar-refractivity contribution in [1.29, 1.82) is 0 Å². The maximum absolute atomic E-state index is 12.2. The number of fused-ring (bicyclic) bond motifs is 2. The Morgan fingerprint density at radius 1 is 1.38 bits per heavy atom. The zero-order valence-corrected chi connectivity index (χ0v) is 13.1. The predicted molar refractivity (Wildman–Crippen MR) is 87.6 cm³/mol. The predicted octanol–water partition coefficient (Wildman–Crippen LogP) is 1.31. The molecule has 3 heterocycles. The first-order valence-corrected chi connectivity index (χ1v) is 8.08. The molecule has 0 bridgehead atoms. The molecule has 24 heavy (non-hydrogen) atoms. The Hall–Kier alpha value is -2.83. The quantitative estimate of drug-likeness (QED) is 0.784. The van der Waals surface area contributed by atoms with Crippen LogP contribution in [0, 0.1) is 0 Å². The molecule has 1 N–H and O–H groups in total. The van der Waals surface area contributed by atoms with Gasteiger partial charge in [0.25, 0.3) is 0 Å². The number of hydrogen-bond acceptors (Lipinski definition) is 4. The normalized spacial score (nSPS) is 16.9. The number of rotatable bonds is 4. The molecule has 1 aliphatic rings. The maximum atomic E-state index is 12.2. The Kier molecular flexibility index (Phi) is 3.68. The third-order valence-corrected chi connectivity index (χ3v) is 4.44. The lowest BCUT2D eigenvalue weighted by Gasteiger charge is -2.24. The molecule has 124 valence electrons. The zero-order valence-electron chi connectivity index (χ0n) is 13.1. The van der Waals surface area contributed by atoms with Crippen LogP contribution in [0.3, 0.4) is 0 Å². The average Bonchev–Trinajstić information content (AvgIpc) is 3.16. The number of carbonyl (C=O) groups is 1. The number of nitrogens with zero attached hydrogens (tertiary/aromatic N) is 3. The number of aryl methyl sites for hydroxylation is 2.